The van der Waals surface area contributed by atoms with Crippen molar-refractivity contribution in [2.45, 2.75) is 45.0 Å². The molecule has 1 aliphatic rings. The van der Waals surface area contributed by atoms with Gasteiger partial charge in [-0.3, -0.25) is 14.5 Å². The molecule has 1 heterocycles. The molecule has 1 aliphatic heterocycles. The Balaban J connectivity index is 2.07. The number of carbonyl (C=O) groups excluding carboxylic acids is 2. The van der Waals surface area contributed by atoms with Crippen molar-refractivity contribution in [3.05, 3.63) is 71.5 Å². The maximum atomic E-state index is 14.5. The third-order valence-corrected chi connectivity index (χ3v) is 5.42. The summed E-state index contributed by atoms with van der Waals surface area (Å²) in [5, 5.41) is 11.9. The van der Waals surface area contributed by atoms with Gasteiger partial charge in [0.1, 0.15) is 18.0 Å². The van der Waals surface area contributed by atoms with Crippen molar-refractivity contribution < 1.29 is 28.7 Å². The minimum absolute atomic E-state index is 0.0201. The molecule has 2 aromatic rings. The normalized spacial score (nSPS) is 20.8. The van der Waals surface area contributed by atoms with Crippen molar-refractivity contribution in [2.75, 3.05) is 13.9 Å². The predicted molar refractivity (Wildman–Crippen MR) is 115 cm³/mol. The van der Waals surface area contributed by atoms with Crippen molar-refractivity contribution in [2.24, 2.45) is 5.92 Å². The molecule has 0 unspecified atom stereocenters. The van der Waals surface area contributed by atoms with Crippen molar-refractivity contribution in [1.29, 1.82) is 0 Å². The molecule has 1 N–H and O–H groups in total. The summed E-state index contributed by atoms with van der Waals surface area (Å²) in [5.41, 5.74) is 0.840. The van der Waals surface area contributed by atoms with E-state index in [2.05, 4.69) is 0 Å². The molecular weight excluding hydrogens is 415 g/mol. The number of hydrogen-bond donors (Lipinski definition) is 1. The molecule has 0 saturated carbocycles. The Labute approximate surface area is 187 Å². The summed E-state index contributed by atoms with van der Waals surface area (Å²) < 4.78 is 19.4. The Bertz CT molecular complexity index is 924. The highest BCUT2D eigenvalue weighted by molar-refractivity contribution is 6.02. The topological polar surface area (TPSA) is 79.3 Å². The third kappa shape index (κ3) is 5.21. The quantitative estimate of drug-likeness (QED) is 0.473. The number of piperazine rings is 1. The minimum atomic E-state index is -1.51. The number of nitrogens with zero attached hydrogens (tertiary/aromatic N) is 2. The molecule has 172 valence electrons. The number of methoxy groups -OCH3 is 1. The summed E-state index contributed by atoms with van der Waals surface area (Å²) in [4.78, 5) is 33.6. The van der Waals surface area contributed by atoms with E-state index >= 15 is 0 Å². The molecule has 0 aliphatic carbocycles. The van der Waals surface area contributed by atoms with E-state index in [4.69, 9.17) is 9.57 Å². The molecule has 1 fully saturated rings. The highest BCUT2D eigenvalue weighted by Crippen LogP contribution is 2.33. The summed E-state index contributed by atoms with van der Waals surface area (Å²) in [6, 6.07) is 13.1. The second-order valence-electron chi connectivity index (χ2n) is 8.22. The molecule has 0 spiro atoms. The maximum Gasteiger partial charge on any atom is 0.274 e. The lowest BCUT2D eigenvalue weighted by atomic mass is 9.91. The van der Waals surface area contributed by atoms with Crippen molar-refractivity contribution in [1.82, 2.24) is 9.96 Å². The van der Waals surface area contributed by atoms with Crippen LogP contribution in [-0.4, -0.2) is 52.9 Å². The molecule has 3 rings (SSSR count). The molecular formula is C24H29FN2O5. The van der Waals surface area contributed by atoms with Crippen molar-refractivity contribution >= 4 is 11.8 Å². The molecule has 0 aromatic heterocycles. The lowest BCUT2D eigenvalue weighted by molar-refractivity contribution is -0.238. The van der Waals surface area contributed by atoms with E-state index < -0.39 is 35.8 Å². The summed E-state index contributed by atoms with van der Waals surface area (Å²) in [6.45, 7) is 3.84. The van der Waals surface area contributed by atoms with Crippen LogP contribution >= 0.6 is 0 Å². The summed E-state index contributed by atoms with van der Waals surface area (Å²) in [6.07, 6.45) is -1.09. The van der Waals surface area contributed by atoms with Gasteiger partial charge in [-0.15, -0.1) is 5.06 Å². The van der Waals surface area contributed by atoms with Gasteiger partial charge in [-0.2, -0.15) is 0 Å². The first-order valence-electron chi connectivity index (χ1n) is 10.6. The lowest BCUT2D eigenvalue weighted by Crippen LogP contribution is -2.66. The highest BCUT2D eigenvalue weighted by Gasteiger charge is 2.50. The monoisotopic (exact) mass is 444 g/mol. The summed E-state index contributed by atoms with van der Waals surface area (Å²) >= 11 is 0. The Morgan fingerprint density at radius 1 is 1.03 bits per heavy atom. The van der Waals surface area contributed by atoms with Gasteiger partial charge in [-0.25, -0.2) is 9.23 Å². The van der Waals surface area contributed by atoms with Crippen LogP contribution in [0.2, 0.25) is 0 Å². The Kier molecular flexibility index (Phi) is 8.09. The first-order chi connectivity index (χ1) is 15.3. The zero-order chi connectivity index (χ0) is 23.3. The molecule has 2 aromatic carbocycles. The van der Waals surface area contributed by atoms with Crippen molar-refractivity contribution in [3.8, 4) is 0 Å². The van der Waals surface area contributed by atoms with Gasteiger partial charge in [0.05, 0.1) is 6.04 Å². The van der Waals surface area contributed by atoms with E-state index in [0.29, 0.717) is 11.5 Å². The maximum absolute atomic E-state index is 14.5. The fourth-order valence-electron chi connectivity index (χ4n) is 3.96. The smallest absolute Gasteiger partial charge is 0.274 e. The van der Waals surface area contributed by atoms with Crippen molar-refractivity contribution in [3.63, 3.8) is 0 Å². The zero-order valence-corrected chi connectivity index (χ0v) is 18.5. The minimum Gasteiger partial charge on any atom is -0.386 e. The number of hydroxylamine groups is 2. The van der Waals surface area contributed by atoms with Crippen LogP contribution in [0.25, 0.3) is 0 Å². The van der Waals surface area contributed by atoms with Crippen LogP contribution in [0.4, 0.5) is 4.39 Å². The van der Waals surface area contributed by atoms with Gasteiger partial charge >= 0.3 is 0 Å². The summed E-state index contributed by atoms with van der Waals surface area (Å²) in [7, 11) is 1.37. The van der Waals surface area contributed by atoms with Crippen LogP contribution in [0.3, 0.4) is 0 Å². The number of aliphatic hydroxyl groups is 1. The number of halogens is 1. The first-order valence-corrected chi connectivity index (χ1v) is 10.6. The van der Waals surface area contributed by atoms with Gasteiger partial charge in [-0.05, 0) is 24.0 Å². The SMILES string of the molecule is COCON1C(=O)[C@H]([C@@H](O)c2ccccc2F)N(Cc2ccccc2)[C@@H](CC(C)C)C1=O. The van der Waals surface area contributed by atoms with Crippen LogP contribution in [0.5, 0.6) is 0 Å². The van der Waals surface area contributed by atoms with Gasteiger partial charge in [0, 0.05) is 19.2 Å². The van der Waals surface area contributed by atoms with Crippen LogP contribution in [0.15, 0.2) is 54.6 Å². The van der Waals surface area contributed by atoms with Gasteiger partial charge in [0.25, 0.3) is 11.8 Å². The molecule has 8 heteroatoms. The fourth-order valence-corrected chi connectivity index (χ4v) is 3.96. The molecule has 0 radical (unpaired) electrons. The number of ether oxygens (including phenoxy) is 1. The number of hydrogen-bond acceptors (Lipinski definition) is 6. The lowest BCUT2D eigenvalue weighted by Gasteiger charge is -2.45. The van der Waals surface area contributed by atoms with Crippen LogP contribution in [0, 0.1) is 11.7 Å². The van der Waals surface area contributed by atoms with E-state index in [1.807, 2.05) is 44.2 Å². The molecule has 0 bridgehead atoms. The number of amides is 2. The average molecular weight is 445 g/mol. The molecule has 2 amide bonds. The van der Waals surface area contributed by atoms with Gasteiger partial charge in [0.2, 0.25) is 0 Å². The Morgan fingerprint density at radius 3 is 2.31 bits per heavy atom. The number of benzene rings is 2. The molecule has 7 nitrogen and oxygen atoms in total. The predicted octanol–water partition coefficient (Wildman–Crippen LogP) is 3.05. The molecule has 32 heavy (non-hydrogen) atoms. The van der Waals surface area contributed by atoms with Gasteiger partial charge < -0.3 is 9.84 Å². The third-order valence-electron chi connectivity index (χ3n) is 5.42. The fraction of sp³-hybridized carbons (Fsp3) is 0.417. The van der Waals surface area contributed by atoms with Gasteiger partial charge in [0.15, 0.2) is 6.79 Å². The van der Waals surface area contributed by atoms with Crippen LogP contribution < -0.4 is 0 Å². The summed E-state index contributed by atoms with van der Waals surface area (Å²) in [5.74, 6) is -1.81. The molecule has 3 atom stereocenters. The number of rotatable bonds is 9. The van der Waals surface area contributed by atoms with Gasteiger partial charge in [-0.1, -0.05) is 62.4 Å². The standard InChI is InChI=1S/C24H29FN2O5/c1-16(2)13-20-23(29)27(32-15-31-3)24(30)21(22(28)18-11-7-8-12-19(18)25)26(20)14-17-9-5-4-6-10-17/h4-12,16,20-22,28H,13-15H2,1-3H3/t20-,21-,22-/m0/s1. The number of aliphatic hydroxyl groups excluding tert-OH is 1. The molecule has 1 saturated heterocycles. The highest BCUT2D eigenvalue weighted by atomic mass is 19.1. The Hall–Kier alpha value is -2.65. The van der Waals surface area contributed by atoms with E-state index in [0.717, 1.165) is 5.56 Å². The Morgan fingerprint density at radius 2 is 1.69 bits per heavy atom. The van der Waals surface area contributed by atoms with E-state index in [1.165, 1.54) is 25.3 Å². The van der Waals surface area contributed by atoms with E-state index in [1.54, 1.807) is 11.0 Å². The largest absolute Gasteiger partial charge is 0.386 e. The van der Waals surface area contributed by atoms with Crippen LogP contribution in [-0.2, 0) is 25.7 Å². The second-order valence-corrected chi connectivity index (χ2v) is 8.22. The van der Waals surface area contributed by atoms with E-state index in [-0.39, 0.29) is 24.8 Å². The van der Waals surface area contributed by atoms with E-state index in [9.17, 15) is 19.1 Å². The average Bonchev–Trinajstić information content (AvgIpc) is 2.77. The first kappa shape index (κ1) is 24.0. The second kappa shape index (κ2) is 10.8. The number of carbonyl (C=O) groups is 2. The zero-order valence-electron chi connectivity index (χ0n) is 18.5. The van der Waals surface area contributed by atoms with Crippen LogP contribution in [0.1, 0.15) is 37.5 Å². The number of imide groups is 1.